The largest absolute Gasteiger partial charge is 0.391 e. The van der Waals surface area contributed by atoms with E-state index in [1.165, 1.54) is 0 Å². The van der Waals surface area contributed by atoms with Gasteiger partial charge in [0.1, 0.15) is 0 Å². The van der Waals surface area contributed by atoms with E-state index in [9.17, 15) is 13.2 Å². The van der Waals surface area contributed by atoms with Gasteiger partial charge in [-0.3, -0.25) is 4.90 Å². The van der Waals surface area contributed by atoms with E-state index in [2.05, 4.69) is 10.2 Å². The number of alkyl halides is 3. The lowest BCUT2D eigenvalue weighted by molar-refractivity contribution is -0.185. The average molecular weight is 224 g/mol. The fourth-order valence-electron chi connectivity index (χ4n) is 2.09. The van der Waals surface area contributed by atoms with E-state index in [-0.39, 0.29) is 12.8 Å². The Morgan fingerprint density at radius 3 is 2.27 bits per heavy atom. The molecule has 1 N–H and O–H groups in total. The Morgan fingerprint density at radius 1 is 1.33 bits per heavy atom. The molecule has 0 spiro atoms. The van der Waals surface area contributed by atoms with Gasteiger partial charge in [-0.2, -0.15) is 13.2 Å². The zero-order chi connectivity index (χ0) is 11.5. The van der Waals surface area contributed by atoms with Crippen LogP contribution >= 0.6 is 0 Å². The van der Waals surface area contributed by atoms with Gasteiger partial charge in [-0.25, -0.2) is 0 Å². The number of likely N-dealkylation sites (tertiary alicyclic amines) is 1. The molecule has 1 heterocycles. The van der Waals surface area contributed by atoms with Crippen LogP contribution in [0.25, 0.3) is 0 Å². The van der Waals surface area contributed by atoms with Crippen molar-refractivity contribution in [3.8, 4) is 0 Å². The summed E-state index contributed by atoms with van der Waals surface area (Å²) in [6.45, 7) is 4.00. The molecule has 0 saturated carbocycles. The maximum atomic E-state index is 12.4. The maximum Gasteiger partial charge on any atom is 0.391 e. The fraction of sp³-hybridized carbons (Fsp3) is 1.00. The van der Waals surface area contributed by atoms with Gasteiger partial charge in [-0.15, -0.1) is 0 Å². The second-order valence-corrected chi connectivity index (χ2v) is 4.26. The molecular weight excluding hydrogens is 205 g/mol. The van der Waals surface area contributed by atoms with Crippen molar-refractivity contribution >= 4 is 0 Å². The third-order valence-corrected chi connectivity index (χ3v) is 3.12. The van der Waals surface area contributed by atoms with Crippen molar-refractivity contribution in [2.75, 3.05) is 26.7 Å². The summed E-state index contributed by atoms with van der Waals surface area (Å²) < 4.78 is 37.2. The highest BCUT2D eigenvalue weighted by Gasteiger charge is 2.41. The predicted octanol–water partition coefficient (Wildman–Crippen LogP) is 1.87. The van der Waals surface area contributed by atoms with Crippen molar-refractivity contribution < 1.29 is 13.2 Å². The zero-order valence-electron chi connectivity index (χ0n) is 9.27. The van der Waals surface area contributed by atoms with E-state index in [0.717, 1.165) is 6.54 Å². The normalized spacial score (nSPS) is 23.0. The first-order chi connectivity index (χ1) is 6.95. The Morgan fingerprint density at radius 2 is 1.87 bits per heavy atom. The number of piperidine rings is 1. The standard InChI is InChI=1S/C10H19F3N2/c1-8(7-14-2)15-5-3-9(4-6-15)10(11,12)13/h8-9,14H,3-7H2,1-2H3. The molecule has 0 bridgehead atoms. The van der Waals surface area contributed by atoms with Crippen molar-refractivity contribution in [1.29, 1.82) is 0 Å². The number of rotatable bonds is 3. The third kappa shape index (κ3) is 3.65. The van der Waals surface area contributed by atoms with Crippen LogP contribution in [0.15, 0.2) is 0 Å². The molecule has 0 aromatic carbocycles. The van der Waals surface area contributed by atoms with Gasteiger partial charge in [-0.05, 0) is 39.9 Å². The van der Waals surface area contributed by atoms with Crippen LogP contribution in [-0.4, -0.2) is 43.8 Å². The molecule has 90 valence electrons. The molecule has 1 fully saturated rings. The Labute approximate surface area is 88.8 Å². The molecule has 0 amide bonds. The van der Waals surface area contributed by atoms with Gasteiger partial charge < -0.3 is 5.32 Å². The van der Waals surface area contributed by atoms with Gasteiger partial charge in [-0.1, -0.05) is 0 Å². The first-order valence-electron chi connectivity index (χ1n) is 5.40. The minimum atomic E-state index is -4.00. The summed E-state index contributed by atoms with van der Waals surface area (Å²) in [6.07, 6.45) is -3.51. The molecule has 2 nitrogen and oxygen atoms in total. The second kappa shape index (κ2) is 5.16. The molecule has 1 saturated heterocycles. The maximum absolute atomic E-state index is 12.4. The molecule has 0 aromatic rings. The van der Waals surface area contributed by atoms with Crippen molar-refractivity contribution in [3.05, 3.63) is 0 Å². The Balaban J connectivity index is 2.36. The van der Waals surface area contributed by atoms with E-state index in [4.69, 9.17) is 0 Å². The van der Waals surface area contributed by atoms with Crippen LogP contribution in [0, 0.1) is 5.92 Å². The van der Waals surface area contributed by atoms with Gasteiger partial charge in [0.15, 0.2) is 0 Å². The lowest BCUT2D eigenvalue weighted by Gasteiger charge is -2.36. The topological polar surface area (TPSA) is 15.3 Å². The number of halogens is 3. The average Bonchev–Trinajstić information content (AvgIpc) is 2.17. The molecule has 1 unspecified atom stereocenters. The number of hydrogen-bond acceptors (Lipinski definition) is 2. The van der Waals surface area contributed by atoms with Crippen molar-refractivity contribution in [2.45, 2.75) is 32.0 Å². The monoisotopic (exact) mass is 224 g/mol. The van der Waals surface area contributed by atoms with Crippen LogP contribution in [0.1, 0.15) is 19.8 Å². The molecule has 15 heavy (non-hydrogen) atoms. The Bertz CT molecular complexity index is 186. The fourth-order valence-corrected chi connectivity index (χ4v) is 2.09. The Hall–Kier alpha value is -0.290. The summed E-state index contributed by atoms with van der Waals surface area (Å²) in [6, 6.07) is 0.323. The molecule has 1 aliphatic heterocycles. The molecule has 1 rings (SSSR count). The van der Waals surface area contributed by atoms with Crippen molar-refractivity contribution in [2.24, 2.45) is 5.92 Å². The summed E-state index contributed by atoms with van der Waals surface area (Å²) in [7, 11) is 1.86. The number of likely N-dealkylation sites (N-methyl/N-ethyl adjacent to an activating group) is 1. The quantitative estimate of drug-likeness (QED) is 0.787. The summed E-state index contributed by atoms with van der Waals surface area (Å²) in [4.78, 5) is 2.12. The van der Waals surface area contributed by atoms with E-state index < -0.39 is 12.1 Å². The summed E-state index contributed by atoms with van der Waals surface area (Å²) in [5.41, 5.74) is 0. The lowest BCUT2D eigenvalue weighted by Crippen LogP contribution is -2.46. The van der Waals surface area contributed by atoms with Crippen LogP contribution in [-0.2, 0) is 0 Å². The molecule has 0 radical (unpaired) electrons. The first kappa shape index (κ1) is 12.8. The van der Waals surface area contributed by atoms with Crippen LogP contribution < -0.4 is 5.32 Å². The van der Waals surface area contributed by atoms with Crippen LogP contribution in [0.4, 0.5) is 13.2 Å². The predicted molar refractivity (Wildman–Crippen MR) is 53.7 cm³/mol. The molecular formula is C10H19F3N2. The van der Waals surface area contributed by atoms with E-state index in [1.54, 1.807) is 0 Å². The van der Waals surface area contributed by atoms with Crippen LogP contribution in [0.5, 0.6) is 0 Å². The molecule has 1 aliphatic rings. The van der Waals surface area contributed by atoms with Crippen LogP contribution in [0.3, 0.4) is 0 Å². The Kier molecular flexibility index (Phi) is 4.40. The lowest BCUT2D eigenvalue weighted by atomic mass is 9.95. The minimum Gasteiger partial charge on any atom is -0.318 e. The molecule has 5 heteroatoms. The number of nitrogens with one attached hydrogen (secondary N) is 1. The van der Waals surface area contributed by atoms with Gasteiger partial charge in [0, 0.05) is 12.6 Å². The number of nitrogens with zero attached hydrogens (tertiary/aromatic N) is 1. The van der Waals surface area contributed by atoms with E-state index in [0.29, 0.717) is 19.1 Å². The SMILES string of the molecule is CNCC(C)N1CCC(C(F)(F)F)CC1. The van der Waals surface area contributed by atoms with Crippen LogP contribution in [0.2, 0.25) is 0 Å². The highest BCUT2D eigenvalue weighted by Crippen LogP contribution is 2.34. The highest BCUT2D eigenvalue weighted by molar-refractivity contribution is 4.80. The van der Waals surface area contributed by atoms with Gasteiger partial charge in [0.2, 0.25) is 0 Å². The van der Waals surface area contributed by atoms with E-state index in [1.807, 2.05) is 14.0 Å². The summed E-state index contributed by atoms with van der Waals surface area (Å²) in [5, 5.41) is 3.04. The smallest absolute Gasteiger partial charge is 0.318 e. The van der Waals surface area contributed by atoms with Gasteiger partial charge in [0.25, 0.3) is 0 Å². The summed E-state index contributed by atoms with van der Waals surface area (Å²) in [5.74, 6) is -1.09. The molecule has 1 atom stereocenters. The van der Waals surface area contributed by atoms with Gasteiger partial charge >= 0.3 is 6.18 Å². The van der Waals surface area contributed by atoms with Gasteiger partial charge in [0.05, 0.1) is 5.92 Å². The van der Waals surface area contributed by atoms with E-state index >= 15 is 0 Å². The molecule has 0 aliphatic carbocycles. The second-order valence-electron chi connectivity index (χ2n) is 4.26. The van der Waals surface area contributed by atoms with Crippen molar-refractivity contribution in [3.63, 3.8) is 0 Å². The van der Waals surface area contributed by atoms with Crippen molar-refractivity contribution in [1.82, 2.24) is 10.2 Å². The third-order valence-electron chi connectivity index (χ3n) is 3.12. The highest BCUT2D eigenvalue weighted by atomic mass is 19.4. The zero-order valence-corrected chi connectivity index (χ0v) is 9.27. The minimum absolute atomic E-state index is 0.248. The summed E-state index contributed by atoms with van der Waals surface area (Å²) >= 11 is 0. The first-order valence-corrected chi connectivity index (χ1v) is 5.40. The molecule has 0 aromatic heterocycles. The number of hydrogen-bond donors (Lipinski definition) is 1.